The molecule has 1 fully saturated rings. The maximum Gasteiger partial charge on any atom is 0.331 e. The highest BCUT2D eigenvalue weighted by atomic mass is 16.5. The minimum absolute atomic E-state index is 0.0765. The molecular weight excluding hydrogens is 292 g/mol. The molecule has 4 nitrogen and oxygen atoms in total. The monoisotopic (exact) mass is 318 g/mol. The second kappa shape index (κ2) is 9.23. The highest BCUT2D eigenvalue weighted by Crippen LogP contribution is 2.26. The van der Waals surface area contributed by atoms with E-state index in [1.165, 1.54) is 12.5 Å². The molecule has 23 heavy (non-hydrogen) atoms. The molecule has 0 amide bonds. The fraction of sp³-hybridized carbons (Fsp3) is 0.526. The molecule has 126 valence electrons. The van der Waals surface area contributed by atoms with E-state index in [4.69, 9.17) is 14.2 Å². The summed E-state index contributed by atoms with van der Waals surface area (Å²) >= 11 is 0. The van der Waals surface area contributed by atoms with E-state index in [2.05, 4.69) is 0 Å². The Bertz CT molecular complexity index is 530. The minimum Gasteiger partial charge on any atom is -0.494 e. The summed E-state index contributed by atoms with van der Waals surface area (Å²) < 4.78 is 16.6. The standard InChI is InChI=1S/C19H26O4/c1-3-21-17-12-10-15(18(14-17)22-4-2)11-13-19(20)23-16-8-6-5-7-9-16/h10-14,16H,3-9H2,1-2H3. The number of hydrogen-bond acceptors (Lipinski definition) is 4. The lowest BCUT2D eigenvalue weighted by atomic mass is 9.98. The second-order valence-electron chi connectivity index (χ2n) is 5.60. The molecule has 0 unspecified atom stereocenters. The highest BCUT2D eigenvalue weighted by molar-refractivity contribution is 5.87. The average molecular weight is 318 g/mol. The first-order valence-corrected chi connectivity index (χ1v) is 8.51. The lowest BCUT2D eigenvalue weighted by Gasteiger charge is -2.20. The van der Waals surface area contributed by atoms with Crippen molar-refractivity contribution in [1.82, 2.24) is 0 Å². The average Bonchev–Trinajstić information content (AvgIpc) is 2.56. The summed E-state index contributed by atoms with van der Waals surface area (Å²) in [6.45, 7) is 5.03. The fourth-order valence-corrected chi connectivity index (χ4v) is 2.73. The van der Waals surface area contributed by atoms with Crippen molar-refractivity contribution in [2.45, 2.75) is 52.1 Å². The van der Waals surface area contributed by atoms with E-state index in [9.17, 15) is 4.79 Å². The molecule has 2 rings (SSSR count). The Morgan fingerprint density at radius 1 is 1.13 bits per heavy atom. The van der Waals surface area contributed by atoms with Gasteiger partial charge < -0.3 is 14.2 Å². The molecule has 0 heterocycles. The van der Waals surface area contributed by atoms with E-state index in [-0.39, 0.29) is 12.1 Å². The molecule has 0 N–H and O–H groups in total. The molecule has 0 aliphatic heterocycles. The minimum atomic E-state index is -0.284. The molecule has 1 aromatic carbocycles. The summed E-state index contributed by atoms with van der Waals surface area (Å²) in [5.41, 5.74) is 0.843. The van der Waals surface area contributed by atoms with Crippen LogP contribution in [0.4, 0.5) is 0 Å². The normalized spacial score (nSPS) is 15.6. The Balaban J connectivity index is 2.00. The lowest BCUT2D eigenvalue weighted by Crippen LogP contribution is -2.19. The topological polar surface area (TPSA) is 44.8 Å². The number of carbonyl (C=O) groups is 1. The van der Waals surface area contributed by atoms with Crippen LogP contribution in [0.5, 0.6) is 11.5 Å². The smallest absolute Gasteiger partial charge is 0.331 e. The van der Waals surface area contributed by atoms with Crippen molar-refractivity contribution in [3.8, 4) is 11.5 Å². The fourth-order valence-electron chi connectivity index (χ4n) is 2.73. The number of rotatable bonds is 7. The van der Waals surface area contributed by atoms with Gasteiger partial charge in [0.25, 0.3) is 0 Å². The van der Waals surface area contributed by atoms with Crippen LogP contribution in [-0.2, 0) is 9.53 Å². The van der Waals surface area contributed by atoms with Crippen molar-refractivity contribution < 1.29 is 19.0 Å². The van der Waals surface area contributed by atoms with Crippen molar-refractivity contribution >= 4 is 12.0 Å². The lowest BCUT2D eigenvalue weighted by molar-refractivity contribution is -0.144. The van der Waals surface area contributed by atoms with Crippen LogP contribution in [-0.4, -0.2) is 25.3 Å². The van der Waals surface area contributed by atoms with Gasteiger partial charge in [-0.05, 0) is 57.7 Å². The van der Waals surface area contributed by atoms with Gasteiger partial charge in [0, 0.05) is 17.7 Å². The van der Waals surface area contributed by atoms with Crippen molar-refractivity contribution in [3.05, 3.63) is 29.8 Å². The van der Waals surface area contributed by atoms with E-state index in [0.717, 1.165) is 37.0 Å². The van der Waals surface area contributed by atoms with Gasteiger partial charge in [0.05, 0.1) is 13.2 Å². The maximum absolute atomic E-state index is 11.9. The van der Waals surface area contributed by atoms with Crippen LogP contribution in [0.15, 0.2) is 24.3 Å². The predicted octanol–water partition coefficient (Wildman–Crippen LogP) is 4.37. The number of ether oxygens (including phenoxy) is 3. The molecule has 1 aliphatic carbocycles. The van der Waals surface area contributed by atoms with E-state index >= 15 is 0 Å². The summed E-state index contributed by atoms with van der Waals surface area (Å²) in [6.07, 6.45) is 8.79. The Morgan fingerprint density at radius 3 is 2.57 bits per heavy atom. The van der Waals surface area contributed by atoms with E-state index in [1.54, 1.807) is 6.08 Å². The molecule has 0 radical (unpaired) electrons. The van der Waals surface area contributed by atoms with Crippen LogP contribution in [0.1, 0.15) is 51.5 Å². The van der Waals surface area contributed by atoms with Gasteiger partial charge in [0.1, 0.15) is 17.6 Å². The quantitative estimate of drug-likeness (QED) is 0.553. The molecule has 0 spiro atoms. The van der Waals surface area contributed by atoms with Crippen molar-refractivity contribution in [2.75, 3.05) is 13.2 Å². The third-order valence-electron chi connectivity index (χ3n) is 3.83. The van der Waals surface area contributed by atoms with Gasteiger partial charge in [-0.25, -0.2) is 4.79 Å². The molecule has 0 saturated heterocycles. The Hall–Kier alpha value is -1.97. The molecule has 1 aromatic rings. The zero-order chi connectivity index (χ0) is 16.5. The van der Waals surface area contributed by atoms with Gasteiger partial charge in [-0.2, -0.15) is 0 Å². The molecule has 0 atom stereocenters. The summed E-state index contributed by atoms with van der Waals surface area (Å²) in [5, 5.41) is 0. The van der Waals surface area contributed by atoms with Gasteiger partial charge in [-0.15, -0.1) is 0 Å². The molecule has 1 saturated carbocycles. The van der Waals surface area contributed by atoms with Crippen LogP contribution in [0, 0.1) is 0 Å². The molecule has 0 bridgehead atoms. The van der Waals surface area contributed by atoms with Gasteiger partial charge >= 0.3 is 5.97 Å². The molecule has 4 heteroatoms. The molecule has 1 aliphatic rings. The van der Waals surface area contributed by atoms with Gasteiger partial charge in [-0.1, -0.05) is 6.42 Å². The number of hydrogen-bond donors (Lipinski definition) is 0. The summed E-state index contributed by atoms with van der Waals surface area (Å²) in [6, 6.07) is 5.61. The first-order valence-electron chi connectivity index (χ1n) is 8.51. The van der Waals surface area contributed by atoms with Crippen molar-refractivity contribution in [2.24, 2.45) is 0 Å². The zero-order valence-electron chi connectivity index (χ0n) is 14.0. The second-order valence-corrected chi connectivity index (χ2v) is 5.60. The van der Waals surface area contributed by atoms with Crippen molar-refractivity contribution in [3.63, 3.8) is 0 Å². The predicted molar refractivity (Wildman–Crippen MR) is 90.8 cm³/mol. The number of benzene rings is 1. The van der Waals surface area contributed by atoms with E-state index in [0.29, 0.717) is 19.0 Å². The van der Waals surface area contributed by atoms with Crippen LogP contribution >= 0.6 is 0 Å². The van der Waals surface area contributed by atoms with Crippen LogP contribution in [0.2, 0.25) is 0 Å². The van der Waals surface area contributed by atoms with Gasteiger partial charge in [0.2, 0.25) is 0 Å². The Labute approximate surface area is 138 Å². The van der Waals surface area contributed by atoms with E-state index < -0.39 is 0 Å². The number of esters is 1. The largest absolute Gasteiger partial charge is 0.494 e. The van der Waals surface area contributed by atoms with Gasteiger partial charge in [-0.3, -0.25) is 0 Å². The van der Waals surface area contributed by atoms with Crippen LogP contribution in [0.3, 0.4) is 0 Å². The third kappa shape index (κ3) is 5.62. The maximum atomic E-state index is 11.9. The third-order valence-corrected chi connectivity index (χ3v) is 3.83. The summed E-state index contributed by atoms with van der Waals surface area (Å²) in [5.74, 6) is 1.19. The highest BCUT2D eigenvalue weighted by Gasteiger charge is 2.16. The summed E-state index contributed by atoms with van der Waals surface area (Å²) in [7, 11) is 0. The zero-order valence-corrected chi connectivity index (χ0v) is 14.0. The van der Waals surface area contributed by atoms with Crippen molar-refractivity contribution in [1.29, 1.82) is 0 Å². The molecular formula is C19H26O4. The molecule has 0 aromatic heterocycles. The van der Waals surface area contributed by atoms with Gasteiger partial charge in [0.15, 0.2) is 0 Å². The number of carbonyl (C=O) groups excluding carboxylic acids is 1. The Kier molecular flexibility index (Phi) is 6.98. The van der Waals surface area contributed by atoms with Crippen LogP contribution < -0.4 is 9.47 Å². The summed E-state index contributed by atoms with van der Waals surface area (Å²) in [4.78, 5) is 11.9. The van der Waals surface area contributed by atoms with Crippen LogP contribution in [0.25, 0.3) is 6.08 Å². The SMILES string of the molecule is CCOc1ccc(C=CC(=O)OC2CCCCC2)c(OCC)c1. The first kappa shape index (κ1) is 17.4. The Morgan fingerprint density at radius 2 is 1.87 bits per heavy atom. The first-order chi connectivity index (χ1) is 11.2. The van der Waals surface area contributed by atoms with E-state index in [1.807, 2.05) is 32.0 Å².